The first-order chi connectivity index (χ1) is 18.7. The van der Waals surface area contributed by atoms with Crippen LogP contribution in [-0.4, -0.2) is 58.6 Å². The van der Waals surface area contributed by atoms with E-state index >= 15 is 0 Å². The number of ether oxygens (including phenoxy) is 2. The van der Waals surface area contributed by atoms with Crippen LogP contribution in [0.15, 0.2) is 28.9 Å². The Kier molecular flexibility index (Phi) is 8.69. The van der Waals surface area contributed by atoms with Crippen LogP contribution in [0.2, 0.25) is 0 Å². The third kappa shape index (κ3) is 4.95. The van der Waals surface area contributed by atoms with Crippen molar-refractivity contribution in [3.05, 3.63) is 23.9 Å². The molecule has 3 saturated carbocycles. The van der Waals surface area contributed by atoms with Gasteiger partial charge in [-0.1, -0.05) is 45.5 Å². The summed E-state index contributed by atoms with van der Waals surface area (Å²) in [6, 6.07) is -0.398. The average molecular weight is 575 g/mol. The van der Waals surface area contributed by atoms with E-state index in [4.69, 9.17) is 9.47 Å². The quantitative estimate of drug-likeness (QED) is 0.343. The molecule has 222 valence electrons. The minimum absolute atomic E-state index is 0.0229. The molecule has 2 bridgehead atoms. The van der Waals surface area contributed by atoms with E-state index in [1.54, 1.807) is 19.9 Å². The van der Waals surface area contributed by atoms with Crippen LogP contribution >= 0.6 is 11.8 Å². The highest BCUT2D eigenvalue weighted by Crippen LogP contribution is 2.68. The maximum atomic E-state index is 13.5. The molecule has 1 heterocycles. The fraction of sp³-hybridized carbons (Fsp3) is 0.742. The van der Waals surface area contributed by atoms with Gasteiger partial charge in [0.05, 0.1) is 30.1 Å². The summed E-state index contributed by atoms with van der Waals surface area (Å²) in [7, 11) is 0. The third-order valence-corrected chi connectivity index (χ3v) is 11.7. The summed E-state index contributed by atoms with van der Waals surface area (Å²) in [6.45, 7) is 18.1. The van der Waals surface area contributed by atoms with Crippen molar-refractivity contribution in [2.45, 2.75) is 98.8 Å². The molecule has 3 aliphatic carbocycles. The van der Waals surface area contributed by atoms with E-state index in [-0.39, 0.29) is 41.3 Å². The van der Waals surface area contributed by atoms with Gasteiger partial charge >= 0.3 is 11.9 Å². The average Bonchev–Trinajstić information content (AvgIpc) is 3.25. The lowest BCUT2D eigenvalue weighted by Crippen LogP contribution is -2.63. The molecule has 1 unspecified atom stereocenters. The van der Waals surface area contributed by atoms with E-state index in [2.05, 4.69) is 37.7 Å². The fourth-order valence-corrected chi connectivity index (χ4v) is 9.02. The summed E-state index contributed by atoms with van der Waals surface area (Å²) in [6.07, 6.45) is 4.06. The zero-order valence-electron chi connectivity index (χ0n) is 25.0. The number of hydrogen-bond donors (Lipinski definition) is 2. The van der Waals surface area contributed by atoms with Crippen LogP contribution in [0.5, 0.6) is 0 Å². The predicted octanol–water partition coefficient (Wildman–Crippen LogP) is 4.81. The molecule has 4 aliphatic rings. The molecule has 1 aliphatic heterocycles. The minimum Gasteiger partial charge on any atom is -0.463 e. The number of esters is 2. The first-order valence-corrected chi connectivity index (χ1v) is 15.6. The van der Waals surface area contributed by atoms with E-state index in [1.165, 1.54) is 11.8 Å². The highest BCUT2D eigenvalue weighted by atomic mass is 32.2. The minimum atomic E-state index is -0.697. The van der Waals surface area contributed by atoms with E-state index < -0.39 is 41.0 Å². The zero-order valence-corrected chi connectivity index (χ0v) is 25.9. The van der Waals surface area contributed by atoms with Crippen LogP contribution in [-0.2, 0) is 23.9 Å². The number of aliphatic imine (C=N–C) groups is 1. The van der Waals surface area contributed by atoms with Crippen LogP contribution in [0.4, 0.5) is 0 Å². The Hall–Kier alpha value is -2.13. The van der Waals surface area contributed by atoms with Gasteiger partial charge in [0.15, 0.2) is 5.17 Å². The molecule has 0 radical (unpaired) electrons. The second kappa shape index (κ2) is 11.3. The van der Waals surface area contributed by atoms with E-state index in [0.717, 1.165) is 19.3 Å². The lowest BCUT2D eigenvalue weighted by atomic mass is 9.44. The first kappa shape index (κ1) is 30.8. The van der Waals surface area contributed by atoms with Crippen LogP contribution in [0.3, 0.4) is 0 Å². The number of carbonyl (C=O) groups is 3. The number of nitrogens with zero attached hydrogens (tertiary/aromatic N) is 1. The number of aliphatic hydroxyl groups is 1. The summed E-state index contributed by atoms with van der Waals surface area (Å²) < 4.78 is 11.5. The predicted molar refractivity (Wildman–Crippen MR) is 156 cm³/mol. The number of ketones is 1. The largest absolute Gasteiger partial charge is 0.463 e. The van der Waals surface area contributed by atoms with Gasteiger partial charge in [-0.05, 0) is 63.7 Å². The van der Waals surface area contributed by atoms with Crippen molar-refractivity contribution in [2.24, 2.45) is 39.0 Å². The maximum absolute atomic E-state index is 13.5. The SMILES string of the molecule is C=C[C@]1(C)C[C@@H](OC(=O)CSC2=NC(C)C(C(=O)OCC)=C(C)N2)[C@]2(C)[C@H](C)CC[C@]3(CCC(=O)[C@H]32)[C@@H](C)[C@@H]1O. The molecule has 2 N–H and O–H groups in total. The first-order valence-electron chi connectivity index (χ1n) is 14.6. The maximum Gasteiger partial charge on any atom is 0.337 e. The van der Waals surface area contributed by atoms with Crippen molar-refractivity contribution in [3.63, 3.8) is 0 Å². The van der Waals surface area contributed by atoms with E-state index in [1.807, 2.05) is 13.8 Å². The van der Waals surface area contributed by atoms with Crippen molar-refractivity contribution in [3.8, 4) is 0 Å². The molecule has 3 fully saturated rings. The Morgan fingerprint density at radius 1 is 1.25 bits per heavy atom. The van der Waals surface area contributed by atoms with Crippen molar-refractivity contribution in [1.29, 1.82) is 0 Å². The Morgan fingerprint density at radius 2 is 1.95 bits per heavy atom. The summed E-state index contributed by atoms with van der Waals surface area (Å²) >= 11 is 1.23. The van der Waals surface area contributed by atoms with Gasteiger partial charge in [0, 0.05) is 28.9 Å². The zero-order chi connectivity index (χ0) is 29.6. The summed E-state index contributed by atoms with van der Waals surface area (Å²) in [5, 5.41) is 15.3. The number of thioether (sulfide) groups is 1. The standard InChI is InChI=1S/C31H46N2O6S/c1-9-29(7)15-22(30(8)17(3)11-13-31(18(4)26(29)36)14-12-21(34)25(30)31)39-23(35)16-40-28-32-19(5)24(20(6)33-28)27(37)38-10-2/h9,17-19,22,25-26,36H,1,10-16H2,2-8H3,(H,32,33)/t17-,18+,19?,22-,25+,26+,29-,30+,31+/m1/s1. The lowest BCUT2D eigenvalue weighted by Gasteiger charge is -2.61. The van der Waals surface area contributed by atoms with Crippen LogP contribution in [0.1, 0.15) is 80.6 Å². The molecular formula is C31H46N2O6S. The van der Waals surface area contributed by atoms with Crippen molar-refractivity contribution >= 4 is 34.7 Å². The molecule has 0 aromatic rings. The van der Waals surface area contributed by atoms with Gasteiger partial charge in [-0.2, -0.15) is 0 Å². The molecule has 0 amide bonds. The number of nitrogens with one attached hydrogen (secondary N) is 1. The number of aliphatic hydroxyl groups excluding tert-OH is 1. The van der Waals surface area contributed by atoms with Crippen molar-refractivity contribution in [2.75, 3.05) is 12.4 Å². The molecule has 40 heavy (non-hydrogen) atoms. The molecule has 4 rings (SSSR count). The van der Waals surface area contributed by atoms with Crippen molar-refractivity contribution in [1.82, 2.24) is 5.32 Å². The number of carbonyl (C=O) groups excluding carboxylic acids is 3. The smallest absolute Gasteiger partial charge is 0.337 e. The lowest BCUT2D eigenvalue weighted by molar-refractivity contribution is -0.205. The monoisotopic (exact) mass is 574 g/mol. The van der Waals surface area contributed by atoms with E-state index in [0.29, 0.717) is 29.3 Å². The molecule has 8 nitrogen and oxygen atoms in total. The highest BCUT2D eigenvalue weighted by Gasteiger charge is 2.68. The van der Waals surface area contributed by atoms with Crippen LogP contribution in [0, 0.1) is 34.0 Å². The Morgan fingerprint density at radius 3 is 2.58 bits per heavy atom. The van der Waals surface area contributed by atoms with Crippen LogP contribution in [0.25, 0.3) is 0 Å². The van der Waals surface area contributed by atoms with E-state index in [9.17, 15) is 19.5 Å². The van der Waals surface area contributed by atoms with Gasteiger partial charge in [0.1, 0.15) is 11.9 Å². The van der Waals surface area contributed by atoms with Crippen LogP contribution < -0.4 is 5.32 Å². The fourth-order valence-electron chi connectivity index (χ4n) is 8.24. The summed E-state index contributed by atoms with van der Waals surface area (Å²) in [5.74, 6) is -0.685. The molecule has 0 aromatic carbocycles. The Bertz CT molecular complexity index is 1130. The normalized spacial score (nSPS) is 41.2. The topological polar surface area (TPSA) is 114 Å². The molecule has 9 atom stereocenters. The highest BCUT2D eigenvalue weighted by molar-refractivity contribution is 8.14. The molecule has 0 saturated heterocycles. The molecule has 0 aromatic heterocycles. The van der Waals surface area contributed by atoms with Gasteiger partial charge in [0.25, 0.3) is 0 Å². The molecule has 0 spiro atoms. The molecule has 9 heteroatoms. The van der Waals surface area contributed by atoms with Gasteiger partial charge in [-0.3, -0.25) is 14.6 Å². The number of allylic oxidation sites excluding steroid dienone is 1. The second-order valence-corrected chi connectivity index (χ2v) is 13.8. The van der Waals surface area contributed by atoms with Gasteiger partial charge in [0.2, 0.25) is 0 Å². The number of amidine groups is 1. The van der Waals surface area contributed by atoms with Gasteiger partial charge in [-0.25, -0.2) is 4.79 Å². The third-order valence-electron chi connectivity index (χ3n) is 10.8. The van der Waals surface area contributed by atoms with Gasteiger partial charge in [-0.15, -0.1) is 6.58 Å². The summed E-state index contributed by atoms with van der Waals surface area (Å²) in [5.41, 5.74) is -0.396. The van der Waals surface area contributed by atoms with Gasteiger partial charge < -0.3 is 19.9 Å². The molecular weight excluding hydrogens is 528 g/mol. The second-order valence-electron chi connectivity index (χ2n) is 12.8. The summed E-state index contributed by atoms with van der Waals surface area (Å²) in [4.78, 5) is 43.8. The van der Waals surface area contributed by atoms with Crippen molar-refractivity contribution < 1.29 is 29.0 Å². The Labute approximate surface area is 242 Å². The number of rotatable bonds is 6. The number of Topliss-reactive ketones (excluding diaryl/α,β-unsaturated/α-hetero) is 1. The number of hydrogen-bond acceptors (Lipinski definition) is 9. The Balaban J connectivity index is 1.57.